The Balaban J connectivity index is 2.11. The van der Waals surface area contributed by atoms with Gasteiger partial charge in [0.25, 0.3) is 0 Å². The van der Waals surface area contributed by atoms with Crippen molar-refractivity contribution >= 4 is 17.4 Å². The summed E-state index contributed by atoms with van der Waals surface area (Å²) in [5.74, 6) is 0.286. The van der Waals surface area contributed by atoms with E-state index in [1.165, 1.54) is 12.1 Å². The van der Waals surface area contributed by atoms with E-state index in [2.05, 4.69) is 0 Å². The number of Topliss-reactive ketones (excluding diaryl/α,β-unsaturated/α-hetero) is 1. The zero-order valence-electron chi connectivity index (χ0n) is 11.6. The summed E-state index contributed by atoms with van der Waals surface area (Å²) in [5, 5.41) is 0.129. The van der Waals surface area contributed by atoms with Gasteiger partial charge in [-0.1, -0.05) is 11.6 Å². The molecule has 110 valence electrons. The van der Waals surface area contributed by atoms with Crippen molar-refractivity contribution < 1.29 is 18.7 Å². The second-order valence-electron chi connectivity index (χ2n) is 4.43. The van der Waals surface area contributed by atoms with Crippen LogP contribution in [0.3, 0.4) is 0 Å². The van der Waals surface area contributed by atoms with Gasteiger partial charge in [0, 0.05) is 5.56 Å². The molecule has 0 aliphatic heterocycles. The van der Waals surface area contributed by atoms with Crippen LogP contribution in [0.4, 0.5) is 4.39 Å². The normalized spacial score (nSPS) is 11.8. The van der Waals surface area contributed by atoms with Crippen molar-refractivity contribution in [3.63, 3.8) is 0 Å². The topological polar surface area (TPSA) is 35.5 Å². The first kappa shape index (κ1) is 15.3. The molecule has 0 heterocycles. The van der Waals surface area contributed by atoms with E-state index in [1.807, 2.05) is 0 Å². The number of carbonyl (C=O) groups excluding carboxylic acids is 1. The van der Waals surface area contributed by atoms with E-state index in [0.717, 1.165) is 6.07 Å². The van der Waals surface area contributed by atoms with Gasteiger partial charge in [-0.3, -0.25) is 4.79 Å². The van der Waals surface area contributed by atoms with Crippen LogP contribution in [0.25, 0.3) is 0 Å². The molecule has 0 saturated carbocycles. The monoisotopic (exact) mass is 308 g/mol. The minimum atomic E-state index is -0.735. The number of ether oxygens (including phenoxy) is 2. The average Bonchev–Trinajstić information content (AvgIpc) is 2.49. The molecule has 0 saturated heterocycles. The highest BCUT2D eigenvalue weighted by molar-refractivity contribution is 6.32. The van der Waals surface area contributed by atoms with Gasteiger partial charge in [-0.25, -0.2) is 4.39 Å². The lowest BCUT2D eigenvalue weighted by Crippen LogP contribution is -2.24. The Hall–Kier alpha value is -2.07. The van der Waals surface area contributed by atoms with Crippen LogP contribution in [0, 0.1) is 5.82 Å². The van der Waals surface area contributed by atoms with Crippen LogP contribution in [0.5, 0.6) is 11.5 Å². The maximum atomic E-state index is 13.0. The first-order chi connectivity index (χ1) is 10.0. The molecule has 5 heteroatoms. The molecule has 0 amide bonds. The highest BCUT2D eigenvalue weighted by Gasteiger charge is 2.18. The van der Waals surface area contributed by atoms with Crippen molar-refractivity contribution in [2.45, 2.75) is 13.0 Å². The average molecular weight is 309 g/mol. The smallest absolute Gasteiger partial charge is 0.202 e. The predicted molar refractivity (Wildman–Crippen MR) is 78.8 cm³/mol. The SMILES string of the molecule is COc1ccc(C(=O)C(C)Oc2ccc(F)cc2Cl)cc1. The molecule has 2 rings (SSSR count). The summed E-state index contributed by atoms with van der Waals surface area (Å²) in [6.45, 7) is 1.62. The summed E-state index contributed by atoms with van der Waals surface area (Å²) in [4.78, 5) is 12.2. The van der Waals surface area contributed by atoms with E-state index < -0.39 is 11.9 Å². The molecule has 0 aliphatic rings. The number of rotatable bonds is 5. The van der Waals surface area contributed by atoms with Crippen LogP contribution < -0.4 is 9.47 Å². The van der Waals surface area contributed by atoms with Gasteiger partial charge in [-0.2, -0.15) is 0 Å². The Morgan fingerprint density at radius 1 is 1.19 bits per heavy atom. The molecule has 2 aromatic carbocycles. The van der Waals surface area contributed by atoms with Crippen molar-refractivity contribution in [3.05, 3.63) is 58.9 Å². The molecule has 21 heavy (non-hydrogen) atoms. The van der Waals surface area contributed by atoms with Crippen molar-refractivity contribution in [3.8, 4) is 11.5 Å². The molecule has 1 atom stereocenters. The van der Waals surface area contributed by atoms with E-state index in [-0.39, 0.29) is 16.6 Å². The summed E-state index contributed by atoms with van der Waals surface area (Å²) in [6.07, 6.45) is -0.735. The number of hydrogen-bond acceptors (Lipinski definition) is 3. The molecule has 0 fully saturated rings. The van der Waals surface area contributed by atoms with Gasteiger partial charge >= 0.3 is 0 Å². The number of methoxy groups -OCH3 is 1. The van der Waals surface area contributed by atoms with Gasteiger partial charge < -0.3 is 9.47 Å². The minimum absolute atomic E-state index is 0.129. The van der Waals surface area contributed by atoms with Gasteiger partial charge in [-0.15, -0.1) is 0 Å². The summed E-state index contributed by atoms with van der Waals surface area (Å²) in [7, 11) is 1.55. The molecule has 0 aliphatic carbocycles. The third-order valence-electron chi connectivity index (χ3n) is 2.94. The Labute approximate surface area is 127 Å². The predicted octanol–water partition coefficient (Wildman–Crippen LogP) is 4.14. The molecule has 0 radical (unpaired) electrons. The van der Waals surface area contributed by atoms with Crippen LogP contribution in [0.15, 0.2) is 42.5 Å². The van der Waals surface area contributed by atoms with Crippen LogP contribution in [0.2, 0.25) is 5.02 Å². The molecule has 0 N–H and O–H groups in total. The molecule has 0 bridgehead atoms. The van der Waals surface area contributed by atoms with Gasteiger partial charge in [0.15, 0.2) is 6.10 Å². The number of benzene rings is 2. The third-order valence-corrected chi connectivity index (χ3v) is 3.24. The lowest BCUT2D eigenvalue weighted by atomic mass is 10.1. The molecular formula is C16H14ClFO3. The summed E-state index contributed by atoms with van der Waals surface area (Å²) >= 11 is 5.87. The largest absolute Gasteiger partial charge is 0.497 e. The number of hydrogen-bond donors (Lipinski definition) is 0. The van der Waals surface area contributed by atoms with E-state index in [0.29, 0.717) is 11.3 Å². The second-order valence-corrected chi connectivity index (χ2v) is 4.83. The zero-order valence-corrected chi connectivity index (χ0v) is 12.4. The number of halogens is 2. The van der Waals surface area contributed by atoms with E-state index in [9.17, 15) is 9.18 Å². The first-order valence-electron chi connectivity index (χ1n) is 6.31. The molecule has 1 unspecified atom stereocenters. The fourth-order valence-corrected chi connectivity index (χ4v) is 2.02. The van der Waals surface area contributed by atoms with E-state index in [1.54, 1.807) is 38.3 Å². The molecule has 2 aromatic rings. The van der Waals surface area contributed by atoms with Crippen LogP contribution in [-0.2, 0) is 0 Å². The lowest BCUT2D eigenvalue weighted by Gasteiger charge is -2.15. The fraction of sp³-hybridized carbons (Fsp3) is 0.188. The fourth-order valence-electron chi connectivity index (χ4n) is 1.80. The second kappa shape index (κ2) is 6.59. The van der Waals surface area contributed by atoms with Crippen LogP contribution >= 0.6 is 11.6 Å². The quantitative estimate of drug-likeness (QED) is 0.779. The molecule has 3 nitrogen and oxygen atoms in total. The highest BCUT2D eigenvalue weighted by Crippen LogP contribution is 2.26. The minimum Gasteiger partial charge on any atom is -0.497 e. The Morgan fingerprint density at radius 3 is 2.43 bits per heavy atom. The molecule has 0 aromatic heterocycles. The van der Waals surface area contributed by atoms with Crippen LogP contribution in [-0.4, -0.2) is 19.0 Å². The maximum Gasteiger partial charge on any atom is 0.202 e. The highest BCUT2D eigenvalue weighted by atomic mass is 35.5. The number of carbonyl (C=O) groups is 1. The standard InChI is InChI=1S/C16H14ClFO3/c1-10(21-15-8-5-12(18)9-14(15)17)16(19)11-3-6-13(20-2)7-4-11/h3-10H,1-2H3. The van der Waals surface area contributed by atoms with Gasteiger partial charge in [-0.05, 0) is 49.4 Å². The van der Waals surface area contributed by atoms with Gasteiger partial charge in [0.2, 0.25) is 5.78 Å². The maximum absolute atomic E-state index is 13.0. The molecular weight excluding hydrogens is 295 g/mol. The van der Waals surface area contributed by atoms with E-state index in [4.69, 9.17) is 21.1 Å². The van der Waals surface area contributed by atoms with Crippen molar-refractivity contribution in [2.24, 2.45) is 0 Å². The number of ketones is 1. The molecule has 0 spiro atoms. The van der Waals surface area contributed by atoms with Gasteiger partial charge in [0.1, 0.15) is 17.3 Å². The van der Waals surface area contributed by atoms with Crippen molar-refractivity contribution in [2.75, 3.05) is 7.11 Å². The summed E-state index contributed by atoms with van der Waals surface area (Å²) in [6, 6.07) is 10.5. The van der Waals surface area contributed by atoms with E-state index >= 15 is 0 Å². The summed E-state index contributed by atoms with van der Waals surface area (Å²) in [5.41, 5.74) is 0.501. The van der Waals surface area contributed by atoms with Crippen molar-refractivity contribution in [1.29, 1.82) is 0 Å². The summed E-state index contributed by atoms with van der Waals surface area (Å²) < 4.78 is 23.5. The Kier molecular flexibility index (Phi) is 4.81. The Bertz CT molecular complexity index is 640. The Morgan fingerprint density at radius 2 is 1.86 bits per heavy atom. The van der Waals surface area contributed by atoms with Crippen LogP contribution in [0.1, 0.15) is 17.3 Å². The zero-order chi connectivity index (χ0) is 15.4. The lowest BCUT2D eigenvalue weighted by molar-refractivity contribution is 0.0818. The van der Waals surface area contributed by atoms with Gasteiger partial charge in [0.05, 0.1) is 12.1 Å². The first-order valence-corrected chi connectivity index (χ1v) is 6.69. The third kappa shape index (κ3) is 3.73. The van der Waals surface area contributed by atoms with Crippen molar-refractivity contribution in [1.82, 2.24) is 0 Å².